The van der Waals surface area contributed by atoms with Crippen molar-refractivity contribution in [3.05, 3.63) is 105 Å². The van der Waals surface area contributed by atoms with Crippen LogP contribution in [0.5, 0.6) is 0 Å². The molecule has 0 aliphatic rings. The van der Waals surface area contributed by atoms with E-state index in [0.29, 0.717) is 26.2 Å². The Morgan fingerprint density at radius 2 is 1.60 bits per heavy atom. The van der Waals surface area contributed by atoms with E-state index in [1.165, 1.54) is 7.11 Å². The summed E-state index contributed by atoms with van der Waals surface area (Å²) in [6.07, 6.45) is -1.63. The van der Waals surface area contributed by atoms with E-state index in [1.54, 1.807) is 78.9 Å². The van der Waals surface area contributed by atoms with E-state index in [1.807, 2.05) is 0 Å². The van der Waals surface area contributed by atoms with Crippen LogP contribution in [-0.4, -0.2) is 42.1 Å². The van der Waals surface area contributed by atoms with Crippen molar-refractivity contribution in [2.75, 3.05) is 7.11 Å². The second kappa shape index (κ2) is 12.5. The number of halogens is 2. The zero-order valence-electron chi connectivity index (χ0n) is 18.8. The molecule has 0 saturated heterocycles. The SMILES string of the molecule is COC(=O)[C@@H](Cc1cc(Cl)ccc1Br)NC(=O)[C@H](O)[C@@H](NC(=O)c1ccccc1)c1ccccc1. The van der Waals surface area contributed by atoms with E-state index in [4.69, 9.17) is 16.3 Å². The van der Waals surface area contributed by atoms with Gasteiger partial charge >= 0.3 is 5.97 Å². The number of ether oxygens (including phenoxy) is 1. The molecule has 3 aromatic rings. The van der Waals surface area contributed by atoms with Gasteiger partial charge in [-0.2, -0.15) is 0 Å². The van der Waals surface area contributed by atoms with Crippen molar-refractivity contribution in [3.8, 4) is 0 Å². The summed E-state index contributed by atoms with van der Waals surface area (Å²) in [4.78, 5) is 38.3. The number of rotatable bonds is 9. The van der Waals surface area contributed by atoms with Gasteiger partial charge in [0.2, 0.25) is 0 Å². The average molecular weight is 560 g/mol. The van der Waals surface area contributed by atoms with Crippen molar-refractivity contribution >= 4 is 45.3 Å². The summed E-state index contributed by atoms with van der Waals surface area (Å²) in [7, 11) is 1.21. The van der Waals surface area contributed by atoms with Gasteiger partial charge < -0.3 is 20.5 Å². The number of carbonyl (C=O) groups is 3. The van der Waals surface area contributed by atoms with Gasteiger partial charge in [0, 0.05) is 21.5 Å². The third-order valence-corrected chi connectivity index (χ3v) is 6.31. The maximum Gasteiger partial charge on any atom is 0.328 e. The Morgan fingerprint density at radius 1 is 0.971 bits per heavy atom. The molecule has 182 valence electrons. The predicted molar refractivity (Wildman–Crippen MR) is 136 cm³/mol. The van der Waals surface area contributed by atoms with Crippen LogP contribution in [-0.2, 0) is 20.7 Å². The van der Waals surface area contributed by atoms with Gasteiger partial charge in [-0.1, -0.05) is 76.1 Å². The quantitative estimate of drug-likeness (QED) is 0.346. The van der Waals surface area contributed by atoms with Crippen LogP contribution in [0.4, 0.5) is 0 Å². The van der Waals surface area contributed by atoms with Crippen molar-refractivity contribution in [1.29, 1.82) is 0 Å². The van der Waals surface area contributed by atoms with Crippen molar-refractivity contribution in [2.45, 2.75) is 24.6 Å². The van der Waals surface area contributed by atoms with Crippen LogP contribution >= 0.6 is 27.5 Å². The van der Waals surface area contributed by atoms with E-state index in [0.717, 1.165) is 0 Å². The third kappa shape index (κ3) is 7.14. The molecule has 0 bridgehead atoms. The number of esters is 1. The monoisotopic (exact) mass is 558 g/mol. The van der Waals surface area contributed by atoms with Gasteiger partial charge in [0.15, 0.2) is 6.10 Å². The molecule has 3 N–H and O–H groups in total. The zero-order valence-corrected chi connectivity index (χ0v) is 21.1. The first-order chi connectivity index (χ1) is 16.8. The predicted octanol–water partition coefficient (Wildman–Crippen LogP) is 3.84. The van der Waals surface area contributed by atoms with Crippen molar-refractivity contribution in [1.82, 2.24) is 10.6 Å². The maximum atomic E-state index is 13.1. The number of carbonyl (C=O) groups excluding carboxylic acids is 3. The van der Waals surface area contributed by atoms with Crippen LogP contribution in [0.25, 0.3) is 0 Å². The molecule has 9 heteroatoms. The standard InChI is InChI=1S/C26H24BrClN2O5/c1-35-26(34)21(15-18-14-19(28)12-13-20(18)27)29-25(33)23(31)22(16-8-4-2-5-9-16)30-24(32)17-10-6-3-7-11-17/h2-14,21-23,31H,15H2,1H3,(H,29,33)(H,30,32)/t21-,22+,23-/m1/s1. The van der Waals surface area contributed by atoms with E-state index in [2.05, 4.69) is 26.6 Å². The fraction of sp³-hybridized carbons (Fsp3) is 0.192. The number of benzene rings is 3. The maximum absolute atomic E-state index is 13.1. The van der Waals surface area contributed by atoms with Crippen LogP contribution in [0.1, 0.15) is 27.5 Å². The number of methoxy groups -OCH3 is 1. The summed E-state index contributed by atoms with van der Waals surface area (Å²) in [6, 6.07) is 20.0. The van der Waals surface area contributed by atoms with Gasteiger partial charge in [0.1, 0.15) is 6.04 Å². The minimum Gasteiger partial charge on any atom is -0.467 e. The highest BCUT2D eigenvalue weighted by atomic mass is 79.9. The highest BCUT2D eigenvalue weighted by Crippen LogP contribution is 2.23. The van der Waals surface area contributed by atoms with Crippen LogP contribution < -0.4 is 10.6 Å². The molecule has 0 heterocycles. The molecule has 0 spiro atoms. The lowest BCUT2D eigenvalue weighted by molar-refractivity contribution is -0.146. The Bertz CT molecular complexity index is 1180. The number of aliphatic hydroxyl groups is 1. The number of hydrogen-bond acceptors (Lipinski definition) is 5. The van der Waals surface area contributed by atoms with E-state index in [9.17, 15) is 19.5 Å². The second-order valence-corrected chi connectivity index (χ2v) is 8.99. The van der Waals surface area contributed by atoms with Gasteiger partial charge in [-0.15, -0.1) is 0 Å². The largest absolute Gasteiger partial charge is 0.467 e. The minimum atomic E-state index is -1.69. The minimum absolute atomic E-state index is 0.0681. The van der Waals surface area contributed by atoms with E-state index in [-0.39, 0.29) is 6.42 Å². The summed E-state index contributed by atoms with van der Waals surface area (Å²) in [5.41, 5.74) is 1.56. The van der Waals surface area contributed by atoms with Gasteiger partial charge in [-0.25, -0.2) is 4.79 Å². The molecule has 0 unspecified atom stereocenters. The molecular formula is C26H24BrClN2O5. The molecule has 3 atom stereocenters. The second-order valence-electron chi connectivity index (χ2n) is 7.70. The van der Waals surface area contributed by atoms with Crippen LogP contribution in [0.3, 0.4) is 0 Å². The molecule has 3 rings (SSSR count). The highest BCUT2D eigenvalue weighted by molar-refractivity contribution is 9.10. The highest BCUT2D eigenvalue weighted by Gasteiger charge is 2.32. The summed E-state index contributed by atoms with van der Waals surface area (Å²) in [5, 5.41) is 16.7. The molecule has 0 saturated carbocycles. The summed E-state index contributed by atoms with van der Waals surface area (Å²) in [6.45, 7) is 0. The zero-order chi connectivity index (χ0) is 25.4. The third-order valence-electron chi connectivity index (χ3n) is 5.30. The lowest BCUT2D eigenvalue weighted by Crippen LogP contribution is -2.51. The number of hydrogen-bond donors (Lipinski definition) is 3. The van der Waals surface area contributed by atoms with Gasteiger partial charge in [-0.3, -0.25) is 9.59 Å². The average Bonchev–Trinajstić information content (AvgIpc) is 2.88. The lowest BCUT2D eigenvalue weighted by atomic mass is 9.99. The number of amides is 2. The molecule has 7 nitrogen and oxygen atoms in total. The lowest BCUT2D eigenvalue weighted by Gasteiger charge is -2.26. The number of aliphatic hydroxyl groups excluding tert-OH is 1. The van der Waals surface area contributed by atoms with Crippen molar-refractivity contribution in [3.63, 3.8) is 0 Å². The van der Waals surface area contributed by atoms with Gasteiger partial charge in [0.05, 0.1) is 13.2 Å². The van der Waals surface area contributed by atoms with Gasteiger partial charge in [-0.05, 0) is 41.5 Å². The molecular weight excluding hydrogens is 536 g/mol. The Morgan fingerprint density at radius 3 is 2.23 bits per heavy atom. The fourth-order valence-electron chi connectivity index (χ4n) is 3.48. The van der Waals surface area contributed by atoms with Crippen LogP contribution in [0, 0.1) is 0 Å². The summed E-state index contributed by atoms with van der Waals surface area (Å²) >= 11 is 9.48. The first-order valence-corrected chi connectivity index (χ1v) is 11.9. The van der Waals surface area contributed by atoms with E-state index >= 15 is 0 Å². The molecule has 0 fully saturated rings. The normalized spacial score (nSPS) is 13.3. The first kappa shape index (κ1) is 26.4. The van der Waals surface area contributed by atoms with Crippen LogP contribution in [0.2, 0.25) is 5.02 Å². The number of nitrogens with one attached hydrogen (secondary N) is 2. The van der Waals surface area contributed by atoms with Gasteiger partial charge in [0.25, 0.3) is 11.8 Å². The first-order valence-electron chi connectivity index (χ1n) is 10.7. The Balaban J connectivity index is 1.83. The molecule has 0 aromatic heterocycles. The molecule has 35 heavy (non-hydrogen) atoms. The molecule has 0 aliphatic heterocycles. The summed E-state index contributed by atoms with van der Waals surface area (Å²) < 4.78 is 5.55. The molecule has 2 amide bonds. The van der Waals surface area contributed by atoms with Crippen LogP contribution in [0.15, 0.2) is 83.3 Å². The molecule has 3 aromatic carbocycles. The Labute approximate surface area is 216 Å². The summed E-state index contributed by atoms with van der Waals surface area (Å²) in [5.74, 6) is -2.00. The van der Waals surface area contributed by atoms with Crippen molar-refractivity contribution < 1.29 is 24.2 Å². The Kier molecular flexibility index (Phi) is 9.42. The molecule has 0 radical (unpaired) electrons. The van der Waals surface area contributed by atoms with Crippen molar-refractivity contribution in [2.24, 2.45) is 0 Å². The smallest absolute Gasteiger partial charge is 0.328 e. The Hall–Kier alpha value is -3.20. The topological polar surface area (TPSA) is 105 Å². The molecule has 0 aliphatic carbocycles. The fourth-order valence-corrected chi connectivity index (χ4v) is 4.09. The van der Waals surface area contributed by atoms with E-state index < -0.39 is 36.0 Å².